The quantitative estimate of drug-likeness (QED) is 0.148. The molecule has 0 amide bonds. The molecule has 1 atom stereocenters. The largest absolute Gasteiger partial charge is 0.458 e. The van der Waals surface area contributed by atoms with E-state index in [9.17, 15) is 0 Å². The normalized spacial score (nSPS) is 13.4. The van der Waals surface area contributed by atoms with E-state index in [4.69, 9.17) is 17.7 Å². The molecule has 0 saturated carbocycles. The number of benzene rings is 10. The lowest BCUT2D eigenvalue weighted by atomic mass is 9.94. The highest BCUT2D eigenvalue weighted by molar-refractivity contribution is 6.20. The number of aromatic nitrogens is 3. The van der Waals surface area contributed by atoms with E-state index in [1.165, 1.54) is 5.39 Å². The predicted molar refractivity (Wildman–Crippen MR) is 339 cm³/mol. The molecular weight excluding hydrogens is 1040 g/mol. The Hall–Kier alpha value is -11.5. The molecule has 10 heteroatoms. The molecule has 17 aromatic rings. The Morgan fingerprint density at radius 1 is 0.369 bits per heavy atom. The monoisotopic (exact) mass is 1080 g/mol. The third-order valence-corrected chi connectivity index (χ3v) is 16.9. The smallest absolute Gasteiger partial charge is 0.227 e. The summed E-state index contributed by atoms with van der Waals surface area (Å²) in [6.07, 6.45) is 13.3. The standard InChI is InChI=1S/C74H44N6O4/c1-2-12-43(13-3-1)46-34-44-14-5-7-17-51(44)61(36-46)79(60-21-10-22-66-70(60)58-41-75-31-28-64(58)81-66)48-23-25-54-56-27-33-77-72(73(56)83-67(54)39-48)47-37-63(71-59-42-76-32-29-65(59)82-69(71)38-47)80(49-24-26-55-57-20-11-30-78-74(57)84-68(55)40-49)62-35-45-15-4-6-16-50(45)52-18-8-9-19-53(52)62/h1-42,72,77H. The molecule has 0 fully saturated rings. The molecular formula is C74H44N6O4. The van der Waals surface area contributed by atoms with Gasteiger partial charge in [-0.2, -0.15) is 0 Å². The second-order valence-corrected chi connectivity index (χ2v) is 21.6. The molecule has 7 aromatic heterocycles. The highest BCUT2D eigenvalue weighted by Crippen LogP contribution is 2.51. The van der Waals surface area contributed by atoms with Gasteiger partial charge >= 0.3 is 0 Å². The summed E-state index contributed by atoms with van der Waals surface area (Å²) in [6.45, 7) is 0. The minimum Gasteiger partial charge on any atom is -0.458 e. The maximum absolute atomic E-state index is 7.33. The van der Waals surface area contributed by atoms with E-state index in [0.717, 1.165) is 155 Å². The fourth-order valence-corrected chi connectivity index (χ4v) is 13.2. The summed E-state index contributed by atoms with van der Waals surface area (Å²) < 4.78 is 27.3. The van der Waals surface area contributed by atoms with Gasteiger partial charge in [0, 0.05) is 97.8 Å². The minimum absolute atomic E-state index is 0.435. The number of rotatable bonds is 8. The number of fused-ring (bicyclic) bond motifs is 16. The first kappa shape index (κ1) is 46.3. The number of nitrogens with zero attached hydrogens (tertiary/aromatic N) is 5. The zero-order valence-electron chi connectivity index (χ0n) is 44.7. The van der Waals surface area contributed by atoms with Crippen molar-refractivity contribution in [2.45, 2.75) is 6.04 Å². The van der Waals surface area contributed by atoms with Gasteiger partial charge in [0.2, 0.25) is 5.71 Å². The van der Waals surface area contributed by atoms with E-state index in [2.05, 4.69) is 224 Å². The zero-order valence-corrected chi connectivity index (χ0v) is 44.7. The Kier molecular flexibility index (Phi) is 9.92. The Morgan fingerprint density at radius 3 is 1.83 bits per heavy atom. The van der Waals surface area contributed by atoms with Crippen LogP contribution < -0.4 is 15.1 Å². The third kappa shape index (κ3) is 7.01. The Labute approximate surface area is 478 Å². The molecule has 1 aliphatic rings. The lowest BCUT2D eigenvalue weighted by Gasteiger charge is -2.29. The van der Waals surface area contributed by atoms with E-state index in [-0.39, 0.29) is 0 Å². The predicted octanol–water partition coefficient (Wildman–Crippen LogP) is 20.0. The Morgan fingerprint density at radius 2 is 1.02 bits per heavy atom. The van der Waals surface area contributed by atoms with E-state index < -0.39 is 6.04 Å². The van der Waals surface area contributed by atoms with Crippen molar-refractivity contribution in [1.29, 1.82) is 0 Å². The summed E-state index contributed by atoms with van der Waals surface area (Å²) in [5, 5.41) is 17.2. The van der Waals surface area contributed by atoms with Crippen LogP contribution in [0.1, 0.15) is 22.9 Å². The number of hydrogen-bond donors (Lipinski definition) is 1. The summed E-state index contributed by atoms with van der Waals surface area (Å²) in [7, 11) is 0. The number of hydrogen-bond acceptors (Lipinski definition) is 10. The van der Waals surface area contributed by atoms with Gasteiger partial charge in [-0.05, 0) is 142 Å². The molecule has 8 heterocycles. The molecule has 10 aromatic carbocycles. The summed E-state index contributed by atoms with van der Waals surface area (Å²) in [6, 6.07) is 74.5. The average molecular weight is 1080 g/mol. The molecule has 1 N–H and O–H groups in total. The number of anilines is 6. The van der Waals surface area contributed by atoms with E-state index >= 15 is 0 Å². The molecule has 0 bridgehead atoms. The maximum Gasteiger partial charge on any atom is 0.227 e. The molecule has 1 aliphatic heterocycles. The maximum atomic E-state index is 7.33. The van der Waals surface area contributed by atoms with Crippen molar-refractivity contribution in [3.05, 3.63) is 266 Å². The van der Waals surface area contributed by atoms with Gasteiger partial charge in [-0.1, -0.05) is 109 Å². The van der Waals surface area contributed by atoms with Crippen LogP contribution in [0, 0.1) is 0 Å². The first-order chi connectivity index (χ1) is 41.6. The number of nitrogens with one attached hydrogen (secondary N) is 1. The van der Waals surface area contributed by atoms with Crippen molar-refractivity contribution in [3.8, 4) is 11.1 Å². The Bertz CT molecular complexity index is 5600. The van der Waals surface area contributed by atoms with Crippen molar-refractivity contribution >= 4 is 149 Å². The molecule has 0 spiro atoms. The Balaban J connectivity index is 0.857. The van der Waals surface area contributed by atoms with Crippen LogP contribution in [0.3, 0.4) is 0 Å². The van der Waals surface area contributed by atoms with Gasteiger partial charge in [0.05, 0.1) is 33.5 Å². The SMILES string of the molecule is C1=Cc2c(oc3cc(N(c4cc(-c5ccccc5)cc5ccccc45)c4cccc5oc6ccncc6c45)ccc23)C(c2cc(N(c3ccc4c(c3)oc3ncccc34)c3cc4ccccc4c4ccccc34)c3c(c2)oc2ccncc23)N1. The molecule has 394 valence electrons. The lowest BCUT2D eigenvalue weighted by molar-refractivity contribution is 0.495. The van der Waals surface area contributed by atoms with Crippen LogP contribution in [0.5, 0.6) is 0 Å². The van der Waals surface area contributed by atoms with E-state index in [0.29, 0.717) is 11.3 Å². The molecule has 1 unspecified atom stereocenters. The van der Waals surface area contributed by atoms with Gasteiger partial charge in [-0.3, -0.25) is 9.97 Å². The second kappa shape index (κ2) is 18.0. The van der Waals surface area contributed by atoms with Crippen molar-refractivity contribution in [3.63, 3.8) is 0 Å². The van der Waals surface area contributed by atoms with Gasteiger partial charge in [0.15, 0.2) is 0 Å². The van der Waals surface area contributed by atoms with Crippen molar-refractivity contribution in [2.75, 3.05) is 9.80 Å². The van der Waals surface area contributed by atoms with Crippen LogP contribution in [0.4, 0.5) is 34.1 Å². The molecule has 10 nitrogen and oxygen atoms in total. The van der Waals surface area contributed by atoms with Gasteiger partial charge in [0.25, 0.3) is 0 Å². The molecule has 0 aliphatic carbocycles. The van der Waals surface area contributed by atoms with Crippen LogP contribution >= 0.6 is 0 Å². The van der Waals surface area contributed by atoms with Crippen LogP contribution in [0.2, 0.25) is 0 Å². The van der Waals surface area contributed by atoms with Crippen molar-refractivity contribution in [2.24, 2.45) is 0 Å². The van der Waals surface area contributed by atoms with Gasteiger partial charge < -0.3 is 32.8 Å². The van der Waals surface area contributed by atoms with Crippen LogP contribution in [0.15, 0.2) is 267 Å². The molecule has 0 radical (unpaired) electrons. The van der Waals surface area contributed by atoms with E-state index in [1.54, 1.807) is 18.6 Å². The molecule has 84 heavy (non-hydrogen) atoms. The highest BCUT2D eigenvalue weighted by atomic mass is 16.3. The summed E-state index contributed by atoms with van der Waals surface area (Å²) in [5.74, 6) is 0.781. The van der Waals surface area contributed by atoms with Gasteiger partial charge in [0.1, 0.15) is 45.3 Å². The van der Waals surface area contributed by atoms with Gasteiger partial charge in [-0.15, -0.1) is 0 Å². The van der Waals surface area contributed by atoms with Crippen molar-refractivity contribution < 1.29 is 17.7 Å². The second-order valence-electron chi connectivity index (χ2n) is 21.6. The summed E-state index contributed by atoms with van der Waals surface area (Å²) in [4.78, 5) is 18.6. The third-order valence-electron chi connectivity index (χ3n) is 16.9. The average Bonchev–Trinajstić information content (AvgIpc) is 4.20. The van der Waals surface area contributed by atoms with Crippen LogP contribution in [0.25, 0.3) is 126 Å². The number of furan rings is 4. The first-order valence-electron chi connectivity index (χ1n) is 28.0. The summed E-state index contributed by atoms with van der Waals surface area (Å²) >= 11 is 0. The lowest BCUT2D eigenvalue weighted by Crippen LogP contribution is -2.20. The minimum atomic E-state index is -0.435. The zero-order chi connectivity index (χ0) is 55.0. The van der Waals surface area contributed by atoms with Crippen molar-refractivity contribution in [1.82, 2.24) is 20.3 Å². The first-order valence-corrected chi connectivity index (χ1v) is 28.0. The fourth-order valence-electron chi connectivity index (χ4n) is 13.2. The van der Waals surface area contributed by atoms with Crippen LogP contribution in [-0.4, -0.2) is 15.0 Å². The summed E-state index contributed by atoms with van der Waals surface area (Å²) in [5.41, 5.74) is 14.9. The molecule has 18 rings (SSSR count). The molecule has 0 saturated heterocycles. The highest BCUT2D eigenvalue weighted by Gasteiger charge is 2.31. The number of pyridine rings is 3. The fraction of sp³-hybridized carbons (Fsp3) is 0.0135. The topological polar surface area (TPSA) is 110 Å². The van der Waals surface area contributed by atoms with Crippen LogP contribution in [-0.2, 0) is 0 Å². The van der Waals surface area contributed by atoms with Gasteiger partial charge in [-0.25, -0.2) is 4.98 Å². The van der Waals surface area contributed by atoms with E-state index in [1.807, 2.05) is 42.9 Å².